The van der Waals surface area contributed by atoms with Gasteiger partial charge in [-0.25, -0.2) is 4.39 Å². The summed E-state index contributed by atoms with van der Waals surface area (Å²) in [4.78, 5) is 0. The third-order valence-electron chi connectivity index (χ3n) is 1.52. The van der Waals surface area contributed by atoms with Crippen molar-refractivity contribution < 1.29 is 4.39 Å². The van der Waals surface area contributed by atoms with Gasteiger partial charge in [0.15, 0.2) is 0 Å². The van der Waals surface area contributed by atoms with E-state index in [2.05, 4.69) is 11.8 Å². The number of halogens is 1. The van der Waals surface area contributed by atoms with Crippen LogP contribution >= 0.6 is 0 Å². The van der Waals surface area contributed by atoms with Crippen LogP contribution in [0.5, 0.6) is 0 Å². The highest BCUT2D eigenvalue weighted by Gasteiger charge is 1.99. The summed E-state index contributed by atoms with van der Waals surface area (Å²) in [5, 5.41) is 0. The first-order chi connectivity index (χ1) is 5.75. The topological polar surface area (TPSA) is 26.0 Å². The monoisotopic (exact) mass is 163 g/mol. The van der Waals surface area contributed by atoms with Crippen LogP contribution in [0.3, 0.4) is 0 Å². The van der Waals surface area contributed by atoms with Gasteiger partial charge in [0.05, 0.1) is 12.1 Å². The molecule has 0 aliphatic heterocycles. The highest BCUT2D eigenvalue weighted by Crippen LogP contribution is 2.09. The molecular weight excluding hydrogens is 153 g/mol. The lowest BCUT2D eigenvalue weighted by Crippen LogP contribution is -1.94. The number of nitrogens with two attached hydrogens (primary N) is 1. The molecular formula is C10H10FN. The van der Waals surface area contributed by atoms with Gasteiger partial charge in [-0.1, -0.05) is 24.0 Å². The molecule has 62 valence electrons. The molecule has 0 aliphatic rings. The Morgan fingerprint density at radius 3 is 2.92 bits per heavy atom. The molecule has 0 aliphatic carbocycles. The van der Waals surface area contributed by atoms with Gasteiger partial charge in [-0.05, 0) is 18.6 Å². The molecule has 2 N–H and O–H groups in total. The van der Waals surface area contributed by atoms with E-state index >= 15 is 0 Å². The van der Waals surface area contributed by atoms with Crippen molar-refractivity contribution in [3.8, 4) is 11.8 Å². The maximum atomic E-state index is 13.2. The molecule has 0 unspecified atom stereocenters. The minimum Gasteiger partial charge on any atom is -0.320 e. The lowest BCUT2D eigenvalue weighted by atomic mass is 10.1. The molecule has 0 spiro atoms. The van der Waals surface area contributed by atoms with Gasteiger partial charge in [-0.15, -0.1) is 0 Å². The Morgan fingerprint density at radius 1 is 1.50 bits per heavy atom. The van der Waals surface area contributed by atoms with Crippen LogP contribution in [-0.2, 0) is 0 Å². The fraction of sp³-hybridized carbons (Fsp3) is 0.200. The van der Waals surface area contributed by atoms with Gasteiger partial charge in [0, 0.05) is 0 Å². The zero-order valence-corrected chi connectivity index (χ0v) is 6.89. The van der Waals surface area contributed by atoms with Crippen LogP contribution in [0, 0.1) is 24.6 Å². The minimum absolute atomic E-state index is 0.251. The van der Waals surface area contributed by atoms with Crippen LogP contribution in [0.2, 0.25) is 0 Å². The fourth-order valence-electron chi connectivity index (χ4n) is 0.890. The normalized spacial score (nSPS) is 8.92. The molecule has 2 heteroatoms. The molecule has 0 saturated heterocycles. The Kier molecular flexibility index (Phi) is 2.84. The molecule has 0 fully saturated rings. The van der Waals surface area contributed by atoms with E-state index in [1.807, 2.05) is 0 Å². The molecule has 1 aromatic carbocycles. The Balaban J connectivity index is 3.08. The first-order valence-corrected chi connectivity index (χ1v) is 3.69. The average molecular weight is 163 g/mol. The van der Waals surface area contributed by atoms with Crippen molar-refractivity contribution in [3.05, 3.63) is 35.1 Å². The molecule has 0 amide bonds. The van der Waals surface area contributed by atoms with Gasteiger partial charge >= 0.3 is 0 Å². The van der Waals surface area contributed by atoms with Gasteiger partial charge in [0.2, 0.25) is 0 Å². The van der Waals surface area contributed by atoms with Crippen molar-refractivity contribution in [2.45, 2.75) is 6.92 Å². The van der Waals surface area contributed by atoms with E-state index in [-0.39, 0.29) is 12.4 Å². The van der Waals surface area contributed by atoms with E-state index in [9.17, 15) is 4.39 Å². The summed E-state index contributed by atoms with van der Waals surface area (Å²) in [5.74, 6) is 5.02. The summed E-state index contributed by atoms with van der Waals surface area (Å²) in [7, 11) is 0. The van der Waals surface area contributed by atoms with Crippen molar-refractivity contribution in [2.24, 2.45) is 5.73 Å². The summed E-state index contributed by atoms with van der Waals surface area (Å²) in [6.07, 6.45) is 0. The van der Waals surface area contributed by atoms with E-state index in [4.69, 9.17) is 5.73 Å². The quantitative estimate of drug-likeness (QED) is 0.575. The Hall–Kier alpha value is -1.33. The Labute approximate surface area is 71.4 Å². The van der Waals surface area contributed by atoms with Gasteiger partial charge in [0.1, 0.15) is 5.82 Å². The first kappa shape index (κ1) is 8.76. The van der Waals surface area contributed by atoms with Crippen molar-refractivity contribution >= 4 is 0 Å². The molecule has 0 heterocycles. The standard InChI is InChI=1S/C10H10FN/c1-8-4-2-5-9(10(8)11)6-3-7-12/h2,4-5H,7,12H2,1H3. The first-order valence-electron chi connectivity index (χ1n) is 3.69. The second-order valence-corrected chi connectivity index (χ2v) is 2.44. The van der Waals surface area contributed by atoms with E-state index in [0.29, 0.717) is 11.1 Å². The van der Waals surface area contributed by atoms with Gasteiger partial charge in [0.25, 0.3) is 0 Å². The molecule has 0 saturated carbocycles. The van der Waals surface area contributed by atoms with Crippen LogP contribution < -0.4 is 5.73 Å². The van der Waals surface area contributed by atoms with E-state index in [1.54, 1.807) is 25.1 Å². The summed E-state index contributed by atoms with van der Waals surface area (Å²) in [6.45, 7) is 1.97. The summed E-state index contributed by atoms with van der Waals surface area (Å²) in [5.41, 5.74) is 6.20. The van der Waals surface area contributed by atoms with Crippen LogP contribution in [0.15, 0.2) is 18.2 Å². The summed E-state index contributed by atoms with van der Waals surface area (Å²) >= 11 is 0. The van der Waals surface area contributed by atoms with Crippen molar-refractivity contribution in [1.29, 1.82) is 0 Å². The highest BCUT2D eigenvalue weighted by atomic mass is 19.1. The van der Waals surface area contributed by atoms with Crippen molar-refractivity contribution in [1.82, 2.24) is 0 Å². The fourth-order valence-corrected chi connectivity index (χ4v) is 0.890. The predicted octanol–water partition coefficient (Wildman–Crippen LogP) is 1.44. The number of hydrogen-bond acceptors (Lipinski definition) is 1. The third-order valence-corrected chi connectivity index (χ3v) is 1.52. The van der Waals surface area contributed by atoms with Crippen LogP contribution in [0.25, 0.3) is 0 Å². The van der Waals surface area contributed by atoms with Gasteiger partial charge < -0.3 is 5.73 Å². The maximum absolute atomic E-state index is 13.2. The number of rotatable bonds is 0. The minimum atomic E-state index is -0.251. The summed E-state index contributed by atoms with van der Waals surface area (Å²) in [6, 6.07) is 5.13. The van der Waals surface area contributed by atoms with Gasteiger partial charge in [-0.2, -0.15) is 0 Å². The molecule has 0 atom stereocenters. The van der Waals surface area contributed by atoms with Crippen LogP contribution in [-0.4, -0.2) is 6.54 Å². The number of hydrogen-bond donors (Lipinski definition) is 1. The second-order valence-electron chi connectivity index (χ2n) is 2.44. The second kappa shape index (κ2) is 3.89. The van der Waals surface area contributed by atoms with Crippen LogP contribution in [0.1, 0.15) is 11.1 Å². The highest BCUT2D eigenvalue weighted by molar-refractivity contribution is 5.38. The van der Waals surface area contributed by atoms with E-state index in [1.165, 1.54) is 0 Å². The molecule has 12 heavy (non-hydrogen) atoms. The number of benzene rings is 1. The largest absolute Gasteiger partial charge is 0.320 e. The lowest BCUT2D eigenvalue weighted by molar-refractivity contribution is 0.615. The average Bonchev–Trinajstić information content (AvgIpc) is 2.08. The van der Waals surface area contributed by atoms with Crippen molar-refractivity contribution in [2.75, 3.05) is 6.54 Å². The third kappa shape index (κ3) is 1.84. The maximum Gasteiger partial charge on any atom is 0.141 e. The Bertz CT molecular complexity index is 333. The zero-order valence-electron chi connectivity index (χ0n) is 6.89. The number of aryl methyl sites for hydroxylation is 1. The zero-order chi connectivity index (χ0) is 8.97. The van der Waals surface area contributed by atoms with Gasteiger partial charge in [-0.3, -0.25) is 0 Å². The van der Waals surface area contributed by atoms with E-state index < -0.39 is 0 Å². The molecule has 1 aromatic rings. The molecule has 0 bridgehead atoms. The molecule has 0 radical (unpaired) electrons. The van der Waals surface area contributed by atoms with Crippen molar-refractivity contribution in [3.63, 3.8) is 0 Å². The van der Waals surface area contributed by atoms with Crippen LogP contribution in [0.4, 0.5) is 4.39 Å². The predicted molar refractivity (Wildman–Crippen MR) is 47.1 cm³/mol. The smallest absolute Gasteiger partial charge is 0.141 e. The molecule has 1 rings (SSSR count). The van der Waals surface area contributed by atoms with E-state index in [0.717, 1.165) is 0 Å². The Morgan fingerprint density at radius 2 is 2.25 bits per heavy atom. The molecule has 0 aromatic heterocycles. The summed E-state index contributed by atoms with van der Waals surface area (Å²) < 4.78 is 13.2. The lowest BCUT2D eigenvalue weighted by Gasteiger charge is -1.96. The SMILES string of the molecule is Cc1cccc(C#CCN)c1F. The molecule has 1 nitrogen and oxygen atoms in total.